The molecule has 12 heavy (non-hydrogen) atoms. The summed E-state index contributed by atoms with van der Waals surface area (Å²) in [7, 11) is -0.0700. The van der Waals surface area contributed by atoms with Gasteiger partial charge in [-0.2, -0.15) is 5.26 Å². The quantitative estimate of drug-likeness (QED) is 0.370. The molecule has 0 fully saturated rings. The van der Waals surface area contributed by atoms with Crippen LogP contribution in [0.4, 0.5) is 0 Å². The molecule has 0 spiro atoms. The van der Waals surface area contributed by atoms with Crippen LogP contribution in [0.2, 0.25) is 18.1 Å². The van der Waals surface area contributed by atoms with Crippen LogP contribution in [0.1, 0.15) is 25.7 Å². The van der Waals surface area contributed by atoms with E-state index < -0.39 is 0 Å². The third-order valence-corrected chi connectivity index (χ3v) is 5.37. The lowest BCUT2D eigenvalue weighted by molar-refractivity contribution is 0.935. The van der Waals surface area contributed by atoms with Crippen LogP contribution in [0.15, 0.2) is 12.2 Å². The Morgan fingerprint density at radius 3 is 2.50 bits per heavy atom. The van der Waals surface area contributed by atoms with E-state index in [0.717, 1.165) is 12.8 Å². The van der Waals surface area contributed by atoms with Gasteiger partial charge in [-0.3, -0.25) is 0 Å². The lowest BCUT2D eigenvalue weighted by Gasteiger charge is -1.95. The van der Waals surface area contributed by atoms with E-state index in [1.165, 1.54) is 31.0 Å². The zero-order valence-electron chi connectivity index (χ0n) is 7.55. The van der Waals surface area contributed by atoms with E-state index in [1.807, 2.05) is 0 Å². The first-order valence-electron chi connectivity index (χ1n) is 4.79. The van der Waals surface area contributed by atoms with Gasteiger partial charge in [-0.25, -0.2) is 0 Å². The van der Waals surface area contributed by atoms with E-state index in [-0.39, 0.29) is 8.80 Å². The second kappa shape index (κ2) is 6.02. The van der Waals surface area contributed by atoms with Crippen LogP contribution in [-0.4, -0.2) is 8.80 Å². The van der Waals surface area contributed by atoms with E-state index in [0.29, 0.717) is 0 Å². The Morgan fingerprint density at radius 2 is 1.92 bits per heavy atom. The minimum Gasteiger partial charge on any atom is -0.198 e. The van der Waals surface area contributed by atoms with Crippen molar-refractivity contribution in [3.05, 3.63) is 12.2 Å². The summed E-state index contributed by atoms with van der Waals surface area (Å²) < 4.78 is 0. The predicted octanol–water partition coefficient (Wildman–Crippen LogP) is 3.13. The molecule has 64 valence electrons. The normalized spacial score (nSPS) is 17.1. The first kappa shape index (κ1) is 9.53. The second-order valence-corrected chi connectivity index (χ2v) is 6.31. The van der Waals surface area contributed by atoms with Crippen molar-refractivity contribution in [3.8, 4) is 6.07 Å². The molecule has 2 heteroatoms. The Kier molecular flexibility index (Phi) is 4.78. The van der Waals surface area contributed by atoms with E-state index in [4.69, 9.17) is 5.26 Å². The van der Waals surface area contributed by atoms with Gasteiger partial charge in [0.15, 0.2) is 0 Å². The number of unbranched alkanes of at least 4 members (excludes halogenated alkanes) is 1. The second-order valence-electron chi connectivity index (χ2n) is 3.31. The molecule has 0 amide bonds. The molecule has 0 saturated heterocycles. The standard InChI is InChI=1S/C10H16NSi/c11-7-3-6-10-12-8-4-1-2-5-9-12/h1-2H,3-6,8-10H2/q+1. The van der Waals surface area contributed by atoms with Crippen LogP contribution in [0, 0.1) is 11.3 Å². The van der Waals surface area contributed by atoms with Crippen molar-refractivity contribution in [1.29, 1.82) is 5.26 Å². The maximum Gasteiger partial charge on any atom is 0.315 e. The van der Waals surface area contributed by atoms with Crippen LogP contribution in [0.3, 0.4) is 0 Å². The third-order valence-electron chi connectivity index (χ3n) is 2.31. The molecule has 1 rings (SSSR count). The van der Waals surface area contributed by atoms with Gasteiger partial charge in [0.25, 0.3) is 0 Å². The fourth-order valence-corrected chi connectivity index (χ4v) is 4.18. The molecule has 1 aliphatic rings. The summed E-state index contributed by atoms with van der Waals surface area (Å²) in [5, 5.41) is 8.40. The molecule has 0 bridgehead atoms. The molecular weight excluding hydrogens is 162 g/mol. The molecule has 0 unspecified atom stereocenters. The van der Waals surface area contributed by atoms with E-state index in [9.17, 15) is 0 Å². The molecule has 0 atom stereocenters. The molecule has 0 aromatic heterocycles. The maximum atomic E-state index is 8.40. The molecule has 0 aromatic carbocycles. The third kappa shape index (κ3) is 3.73. The fraction of sp³-hybridized carbons (Fsp3) is 0.700. The van der Waals surface area contributed by atoms with Gasteiger partial charge in [0.05, 0.1) is 24.2 Å². The fourth-order valence-electron chi connectivity index (χ4n) is 1.60. The number of hydrogen-bond acceptors (Lipinski definition) is 1. The molecular formula is C10H16NSi+. The summed E-state index contributed by atoms with van der Waals surface area (Å²) in [5.41, 5.74) is 0. The predicted molar refractivity (Wildman–Crippen MR) is 53.4 cm³/mol. The summed E-state index contributed by atoms with van der Waals surface area (Å²) in [6.07, 6.45) is 9.14. The van der Waals surface area contributed by atoms with Crippen molar-refractivity contribution in [2.45, 2.75) is 43.8 Å². The topological polar surface area (TPSA) is 23.8 Å². The van der Waals surface area contributed by atoms with E-state index >= 15 is 0 Å². The van der Waals surface area contributed by atoms with Crippen molar-refractivity contribution in [1.82, 2.24) is 0 Å². The largest absolute Gasteiger partial charge is 0.315 e. The summed E-state index contributed by atoms with van der Waals surface area (Å²) in [6.45, 7) is 0. The van der Waals surface area contributed by atoms with Gasteiger partial charge in [-0.15, -0.1) is 0 Å². The highest BCUT2D eigenvalue weighted by Crippen LogP contribution is 2.17. The highest BCUT2D eigenvalue weighted by atomic mass is 28.3. The molecule has 0 radical (unpaired) electrons. The van der Waals surface area contributed by atoms with Crippen LogP contribution in [-0.2, 0) is 0 Å². The molecule has 1 nitrogen and oxygen atoms in total. The average molecular weight is 178 g/mol. The number of allylic oxidation sites excluding steroid dienone is 2. The van der Waals surface area contributed by atoms with Gasteiger partial charge in [-0.1, -0.05) is 12.2 Å². The first-order valence-corrected chi connectivity index (χ1v) is 6.91. The van der Waals surface area contributed by atoms with Crippen molar-refractivity contribution in [2.24, 2.45) is 0 Å². The number of rotatable bonds is 3. The Morgan fingerprint density at radius 1 is 1.25 bits per heavy atom. The van der Waals surface area contributed by atoms with E-state index in [2.05, 4.69) is 18.2 Å². The van der Waals surface area contributed by atoms with Crippen LogP contribution in [0.25, 0.3) is 0 Å². The smallest absolute Gasteiger partial charge is 0.198 e. The van der Waals surface area contributed by atoms with Crippen molar-refractivity contribution >= 4 is 8.80 Å². The minimum atomic E-state index is -0.0700. The summed E-state index contributed by atoms with van der Waals surface area (Å²) >= 11 is 0. The lowest BCUT2D eigenvalue weighted by Crippen LogP contribution is -2.09. The summed E-state index contributed by atoms with van der Waals surface area (Å²) in [6, 6.07) is 6.46. The van der Waals surface area contributed by atoms with Crippen LogP contribution in [0.5, 0.6) is 0 Å². The maximum absolute atomic E-state index is 8.40. The molecule has 0 aliphatic carbocycles. The zero-order valence-corrected chi connectivity index (χ0v) is 8.55. The van der Waals surface area contributed by atoms with Gasteiger partial charge < -0.3 is 0 Å². The van der Waals surface area contributed by atoms with Crippen molar-refractivity contribution in [2.75, 3.05) is 0 Å². The molecule has 0 saturated carbocycles. The van der Waals surface area contributed by atoms with Gasteiger partial charge in [0, 0.05) is 6.42 Å². The molecule has 1 aliphatic heterocycles. The lowest BCUT2D eigenvalue weighted by atomic mass is 10.4. The number of hydrogen-bond donors (Lipinski definition) is 0. The van der Waals surface area contributed by atoms with Crippen molar-refractivity contribution < 1.29 is 0 Å². The van der Waals surface area contributed by atoms with Gasteiger partial charge in [0.1, 0.15) is 0 Å². The van der Waals surface area contributed by atoms with Crippen LogP contribution >= 0.6 is 0 Å². The van der Waals surface area contributed by atoms with Gasteiger partial charge in [0.2, 0.25) is 0 Å². The highest BCUT2D eigenvalue weighted by molar-refractivity contribution is 6.58. The number of nitriles is 1. The first-order chi connectivity index (χ1) is 5.93. The monoisotopic (exact) mass is 178 g/mol. The molecule has 0 N–H and O–H groups in total. The van der Waals surface area contributed by atoms with Crippen LogP contribution < -0.4 is 0 Å². The molecule has 0 aromatic rings. The minimum absolute atomic E-state index is 0.0700. The summed E-state index contributed by atoms with van der Waals surface area (Å²) in [5.74, 6) is 0. The average Bonchev–Trinajstić information content (AvgIpc) is 2.33. The zero-order chi connectivity index (χ0) is 8.65. The van der Waals surface area contributed by atoms with E-state index in [1.54, 1.807) is 0 Å². The number of nitrogens with zero attached hydrogens (tertiary/aromatic N) is 1. The Bertz CT molecular complexity index is 171. The Hall–Kier alpha value is -0.553. The molecule has 1 heterocycles. The van der Waals surface area contributed by atoms with Gasteiger partial charge in [-0.05, 0) is 19.3 Å². The highest BCUT2D eigenvalue weighted by Gasteiger charge is 2.24. The Balaban J connectivity index is 2.11. The van der Waals surface area contributed by atoms with Crippen molar-refractivity contribution in [3.63, 3.8) is 0 Å². The SMILES string of the molecule is N#CCCC[Si+]1CCC=CCC1. The summed E-state index contributed by atoms with van der Waals surface area (Å²) in [4.78, 5) is 0. The Labute approximate surface area is 76.7 Å². The van der Waals surface area contributed by atoms with Gasteiger partial charge >= 0.3 is 8.80 Å².